The van der Waals surface area contributed by atoms with Crippen LogP contribution in [0, 0.1) is 17.6 Å². The van der Waals surface area contributed by atoms with Crippen LogP contribution in [0.4, 0.5) is 8.78 Å². The Balaban J connectivity index is 2.27. The molecular weight excluding hydrogens is 280 g/mol. The molecule has 0 N–H and O–H groups in total. The highest BCUT2D eigenvalue weighted by Gasteiger charge is 2.29. The lowest BCUT2D eigenvalue weighted by atomic mass is 10.0. The van der Waals surface area contributed by atoms with Crippen LogP contribution in [-0.4, -0.2) is 23.9 Å². The average molecular weight is 290 g/mol. The molecular formula is C11H10BrF2NO. The van der Waals surface area contributed by atoms with Gasteiger partial charge in [-0.2, -0.15) is 0 Å². The molecule has 1 aromatic carbocycles. The van der Waals surface area contributed by atoms with E-state index in [1.54, 1.807) is 4.90 Å². The number of amides is 1. The number of carbonyl (C=O) groups is 1. The van der Waals surface area contributed by atoms with Gasteiger partial charge in [0.05, 0.1) is 10.0 Å². The van der Waals surface area contributed by atoms with E-state index >= 15 is 0 Å². The number of hydrogen-bond donors (Lipinski definition) is 0. The lowest BCUT2D eigenvalue weighted by molar-refractivity contribution is 0.0525. The number of likely N-dealkylation sites (tertiary alicyclic amines) is 1. The first-order valence-corrected chi connectivity index (χ1v) is 5.72. The van der Waals surface area contributed by atoms with Crippen molar-refractivity contribution in [3.63, 3.8) is 0 Å². The predicted octanol–water partition coefficient (Wildman–Crippen LogP) is 2.82. The Kier molecular flexibility index (Phi) is 2.97. The molecule has 0 radical (unpaired) electrons. The Bertz CT molecular complexity index is 444. The van der Waals surface area contributed by atoms with Crippen molar-refractivity contribution in [1.29, 1.82) is 0 Å². The van der Waals surface area contributed by atoms with Crippen LogP contribution in [0.1, 0.15) is 17.3 Å². The van der Waals surface area contributed by atoms with Gasteiger partial charge in [-0.3, -0.25) is 4.79 Å². The fraction of sp³-hybridized carbons (Fsp3) is 0.364. The van der Waals surface area contributed by atoms with Crippen LogP contribution >= 0.6 is 15.9 Å². The van der Waals surface area contributed by atoms with E-state index in [1.807, 2.05) is 6.92 Å². The fourth-order valence-electron chi connectivity index (χ4n) is 1.72. The lowest BCUT2D eigenvalue weighted by Gasteiger charge is -2.37. The molecule has 0 atom stereocenters. The van der Waals surface area contributed by atoms with Crippen molar-refractivity contribution in [2.24, 2.45) is 5.92 Å². The van der Waals surface area contributed by atoms with Gasteiger partial charge in [-0.25, -0.2) is 8.78 Å². The highest BCUT2D eigenvalue weighted by molar-refractivity contribution is 9.10. The second kappa shape index (κ2) is 4.13. The van der Waals surface area contributed by atoms with Crippen LogP contribution in [0.2, 0.25) is 0 Å². The van der Waals surface area contributed by atoms with Gasteiger partial charge in [0.1, 0.15) is 11.6 Å². The van der Waals surface area contributed by atoms with Crippen LogP contribution in [0.15, 0.2) is 16.6 Å². The molecule has 1 amide bonds. The Morgan fingerprint density at radius 2 is 2.00 bits per heavy atom. The van der Waals surface area contributed by atoms with Gasteiger partial charge in [0.15, 0.2) is 0 Å². The van der Waals surface area contributed by atoms with E-state index in [4.69, 9.17) is 0 Å². The summed E-state index contributed by atoms with van der Waals surface area (Å²) in [6.45, 7) is 3.28. The van der Waals surface area contributed by atoms with Crippen LogP contribution in [0.25, 0.3) is 0 Å². The number of halogens is 3. The van der Waals surface area contributed by atoms with E-state index < -0.39 is 11.6 Å². The summed E-state index contributed by atoms with van der Waals surface area (Å²) < 4.78 is 26.5. The van der Waals surface area contributed by atoms with Gasteiger partial charge in [-0.05, 0) is 27.9 Å². The SMILES string of the molecule is CC1CN(C(=O)c2cc(Br)c(F)cc2F)C1. The zero-order valence-electron chi connectivity index (χ0n) is 8.64. The van der Waals surface area contributed by atoms with Crippen molar-refractivity contribution < 1.29 is 13.6 Å². The van der Waals surface area contributed by atoms with Crippen LogP contribution in [0.3, 0.4) is 0 Å². The molecule has 1 saturated heterocycles. The van der Waals surface area contributed by atoms with Crippen molar-refractivity contribution in [2.45, 2.75) is 6.92 Å². The number of carbonyl (C=O) groups excluding carboxylic acids is 1. The fourth-order valence-corrected chi connectivity index (χ4v) is 2.06. The maximum atomic E-state index is 13.4. The van der Waals surface area contributed by atoms with E-state index in [1.165, 1.54) is 6.07 Å². The molecule has 0 unspecified atom stereocenters. The van der Waals surface area contributed by atoms with Crippen molar-refractivity contribution in [3.8, 4) is 0 Å². The molecule has 0 aliphatic carbocycles. The molecule has 1 aliphatic rings. The van der Waals surface area contributed by atoms with Crippen molar-refractivity contribution in [1.82, 2.24) is 4.90 Å². The maximum absolute atomic E-state index is 13.4. The summed E-state index contributed by atoms with van der Waals surface area (Å²) in [5.74, 6) is -1.44. The highest BCUT2D eigenvalue weighted by Crippen LogP contribution is 2.24. The molecule has 1 fully saturated rings. The minimum Gasteiger partial charge on any atom is -0.338 e. The van der Waals surface area contributed by atoms with Gasteiger partial charge in [0.25, 0.3) is 5.91 Å². The minimum atomic E-state index is -0.815. The van der Waals surface area contributed by atoms with Gasteiger partial charge < -0.3 is 4.90 Å². The molecule has 1 heterocycles. The number of benzene rings is 1. The van der Waals surface area contributed by atoms with Crippen molar-refractivity contribution >= 4 is 21.8 Å². The molecule has 0 saturated carbocycles. The Morgan fingerprint density at radius 3 is 2.56 bits per heavy atom. The standard InChI is InChI=1S/C11H10BrF2NO/c1-6-4-15(5-6)11(16)7-2-8(12)10(14)3-9(7)13/h2-3,6H,4-5H2,1H3. The van der Waals surface area contributed by atoms with Gasteiger partial charge in [-0.1, -0.05) is 6.92 Å². The summed E-state index contributed by atoms with van der Waals surface area (Å²) in [7, 11) is 0. The quantitative estimate of drug-likeness (QED) is 0.728. The molecule has 1 aliphatic heterocycles. The van der Waals surface area contributed by atoms with Gasteiger partial charge in [-0.15, -0.1) is 0 Å². The third-order valence-electron chi connectivity index (χ3n) is 2.59. The summed E-state index contributed by atoms with van der Waals surface area (Å²) in [6.07, 6.45) is 0. The number of hydrogen-bond acceptors (Lipinski definition) is 1. The van der Waals surface area contributed by atoms with E-state index in [-0.39, 0.29) is 15.9 Å². The molecule has 0 spiro atoms. The van der Waals surface area contributed by atoms with Gasteiger partial charge >= 0.3 is 0 Å². The molecule has 2 rings (SSSR count). The molecule has 0 aromatic heterocycles. The molecule has 86 valence electrons. The summed E-state index contributed by atoms with van der Waals surface area (Å²) in [5, 5.41) is 0. The Hall–Kier alpha value is -0.970. The third kappa shape index (κ3) is 1.96. The molecule has 2 nitrogen and oxygen atoms in total. The van der Waals surface area contributed by atoms with E-state index in [9.17, 15) is 13.6 Å². The minimum absolute atomic E-state index is 0.0832. The second-order valence-electron chi connectivity index (χ2n) is 4.06. The molecule has 5 heteroatoms. The highest BCUT2D eigenvalue weighted by atomic mass is 79.9. The lowest BCUT2D eigenvalue weighted by Crippen LogP contribution is -2.48. The normalized spacial score (nSPS) is 16.1. The third-order valence-corrected chi connectivity index (χ3v) is 3.20. The van der Waals surface area contributed by atoms with E-state index in [0.29, 0.717) is 19.0 Å². The summed E-state index contributed by atoms with van der Waals surface area (Å²) in [4.78, 5) is 13.3. The first-order chi connectivity index (χ1) is 7.49. The predicted molar refractivity (Wildman–Crippen MR) is 59.1 cm³/mol. The van der Waals surface area contributed by atoms with Crippen LogP contribution in [0.5, 0.6) is 0 Å². The summed E-state index contributed by atoms with van der Waals surface area (Å²) >= 11 is 2.94. The topological polar surface area (TPSA) is 20.3 Å². The molecule has 1 aromatic rings. The Labute approximate surface area is 100 Å². The van der Waals surface area contributed by atoms with Gasteiger partial charge in [0.2, 0.25) is 0 Å². The van der Waals surface area contributed by atoms with Gasteiger partial charge in [0, 0.05) is 19.2 Å². The number of nitrogens with zero attached hydrogens (tertiary/aromatic N) is 1. The van der Waals surface area contributed by atoms with E-state index in [0.717, 1.165) is 6.07 Å². The summed E-state index contributed by atoms with van der Waals surface area (Å²) in [5.41, 5.74) is -0.0832. The molecule has 0 bridgehead atoms. The zero-order chi connectivity index (χ0) is 11.9. The van der Waals surface area contributed by atoms with Crippen LogP contribution < -0.4 is 0 Å². The maximum Gasteiger partial charge on any atom is 0.256 e. The smallest absolute Gasteiger partial charge is 0.256 e. The molecule has 16 heavy (non-hydrogen) atoms. The average Bonchev–Trinajstić information content (AvgIpc) is 2.18. The monoisotopic (exact) mass is 289 g/mol. The Morgan fingerprint density at radius 1 is 1.38 bits per heavy atom. The van der Waals surface area contributed by atoms with Crippen LogP contribution in [-0.2, 0) is 0 Å². The largest absolute Gasteiger partial charge is 0.338 e. The zero-order valence-corrected chi connectivity index (χ0v) is 10.2. The van der Waals surface area contributed by atoms with Crippen molar-refractivity contribution in [3.05, 3.63) is 33.8 Å². The first kappa shape index (κ1) is 11.5. The summed E-state index contributed by atoms with van der Waals surface area (Å²) in [6, 6.07) is 1.91. The second-order valence-corrected chi connectivity index (χ2v) is 4.92. The first-order valence-electron chi connectivity index (χ1n) is 4.93. The number of rotatable bonds is 1. The van der Waals surface area contributed by atoms with E-state index in [2.05, 4.69) is 15.9 Å². The van der Waals surface area contributed by atoms with Crippen molar-refractivity contribution in [2.75, 3.05) is 13.1 Å².